The predicted octanol–water partition coefficient (Wildman–Crippen LogP) is 3.40. The van der Waals surface area contributed by atoms with Crippen molar-refractivity contribution in [3.8, 4) is 0 Å². The highest BCUT2D eigenvalue weighted by atomic mass is 35.5. The summed E-state index contributed by atoms with van der Waals surface area (Å²) in [7, 11) is 0. The number of rotatable bonds is 1. The number of likely N-dealkylation sites (tertiary alicyclic amines) is 1. The Hall–Kier alpha value is -0.540. The van der Waals surface area contributed by atoms with E-state index in [-0.39, 0.29) is 11.3 Å². The number of carbonyl (C=O) groups excluding carboxylic acids is 1. The lowest BCUT2D eigenvalue weighted by atomic mass is 9.86. The molecule has 2 unspecified atom stereocenters. The summed E-state index contributed by atoms with van der Waals surface area (Å²) < 4.78 is 0. The zero-order chi connectivity index (χ0) is 12.5. The molecule has 1 fully saturated rings. The summed E-state index contributed by atoms with van der Waals surface area (Å²) in [6.07, 6.45) is 5.38. The van der Waals surface area contributed by atoms with E-state index in [0.717, 1.165) is 45.2 Å². The molecule has 0 radical (unpaired) electrons. The molecule has 2 heterocycles. The molecule has 0 aromatic carbocycles. The van der Waals surface area contributed by atoms with Crippen LogP contribution in [-0.2, 0) is 11.2 Å². The third kappa shape index (κ3) is 2.30. The molecule has 98 valence electrons. The molecule has 1 aliphatic heterocycles. The number of aryl methyl sites for hydroxylation is 1. The van der Waals surface area contributed by atoms with Gasteiger partial charge in [-0.2, -0.15) is 0 Å². The molecule has 1 saturated heterocycles. The summed E-state index contributed by atoms with van der Waals surface area (Å²) in [5.41, 5.74) is 1.29. The van der Waals surface area contributed by atoms with Gasteiger partial charge in [-0.25, -0.2) is 0 Å². The zero-order valence-electron chi connectivity index (χ0n) is 10.4. The molecule has 0 bridgehead atoms. The van der Waals surface area contributed by atoms with Crippen LogP contribution in [0.1, 0.15) is 42.0 Å². The lowest BCUT2D eigenvalue weighted by Crippen LogP contribution is -2.43. The van der Waals surface area contributed by atoms with Gasteiger partial charge in [0.25, 0.3) is 0 Å². The average molecular weight is 284 g/mol. The first-order chi connectivity index (χ1) is 8.75. The molecule has 1 aromatic rings. The number of hydrogen-bond acceptors (Lipinski definition) is 2. The van der Waals surface area contributed by atoms with Gasteiger partial charge in [0.2, 0.25) is 5.91 Å². The molecule has 2 atom stereocenters. The fourth-order valence-corrected chi connectivity index (χ4v) is 4.40. The summed E-state index contributed by atoms with van der Waals surface area (Å²) in [6, 6.07) is 2.14. The normalized spacial score (nSPS) is 27.9. The molecule has 0 N–H and O–H groups in total. The Morgan fingerprint density at radius 3 is 3.11 bits per heavy atom. The Morgan fingerprint density at radius 2 is 2.28 bits per heavy atom. The van der Waals surface area contributed by atoms with Crippen molar-refractivity contribution in [3.05, 3.63) is 21.9 Å². The molecular weight excluding hydrogens is 266 g/mol. The van der Waals surface area contributed by atoms with Gasteiger partial charge < -0.3 is 4.90 Å². The van der Waals surface area contributed by atoms with Crippen LogP contribution in [0.2, 0.25) is 0 Å². The first-order valence-corrected chi connectivity index (χ1v) is 8.06. The fourth-order valence-electron chi connectivity index (χ4n) is 3.09. The van der Waals surface area contributed by atoms with E-state index >= 15 is 0 Å². The van der Waals surface area contributed by atoms with Gasteiger partial charge in [-0.05, 0) is 49.1 Å². The smallest absolute Gasteiger partial charge is 0.230 e. The number of hydrogen-bond donors (Lipinski definition) is 0. The highest BCUT2D eigenvalue weighted by molar-refractivity contribution is 7.10. The van der Waals surface area contributed by atoms with Gasteiger partial charge in [0.1, 0.15) is 0 Å². The lowest BCUT2D eigenvalue weighted by Gasteiger charge is -2.34. The lowest BCUT2D eigenvalue weighted by molar-refractivity contribution is -0.134. The molecule has 18 heavy (non-hydrogen) atoms. The van der Waals surface area contributed by atoms with Gasteiger partial charge in [-0.15, -0.1) is 22.9 Å². The second-order valence-corrected chi connectivity index (χ2v) is 6.89. The quantitative estimate of drug-likeness (QED) is 0.724. The van der Waals surface area contributed by atoms with Gasteiger partial charge in [-0.3, -0.25) is 4.79 Å². The minimum Gasteiger partial charge on any atom is -0.341 e. The average Bonchev–Trinajstić information content (AvgIpc) is 2.86. The topological polar surface area (TPSA) is 20.3 Å². The second-order valence-electron chi connectivity index (χ2n) is 5.27. The highest BCUT2D eigenvalue weighted by Crippen LogP contribution is 2.36. The monoisotopic (exact) mass is 283 g/mol. The van der Waals surface area contributed by atoms with Crippen molar-refractivity contribution >= 4 is 28.8 Å². The Labute approximate surface area is 117 Å². The minimum absolute atomic E-state index is 0.0990. The van der Waals surface area contributed by atoms with Crippen LogP contribution in [0, 0.1) is 0 Å². The van der Waals surface area contributed by atoms with Crippen LogP contribution in [0.3, 0.4) is 0 Å². The number of halogens is 1. The van der Waals surface area contributed by atoms with E-state index < -0.39 is 0 Å². The summed E-state index contributed by atoms with van der Waals surface area (Å²) >= 11 is 7.98. The third-order valence-corrected chi connectivity index (χ3v) is 5.38. The molecule has 2 aliphatic rings. The number of fused-ring (bicyclic) bond motifs is 1. The number of piperidine rings is 1. The number of thiophene rings is 1. The maximum atomic E-state index is 12.6. The zero-order valence-corrected chi connectivity index (χ0v) is 12.0. The summed E-state index contributed by atoms with van der Waals surface area (Å²) in [5, 5.41) is 2.27. The van der Waals surface area contributed by atoms with E-state index in [9.17, 15) is 4.79 Å². The van der Waals surface area contributed by atoms with Gasteiger partial charge in [0.15, 0.2) is 0 Å². The van der Waals surface area contributed by atoms with E-state index in [1.54, 1.807) is 11.3 Å². The van der Waals surface area contributed by atoms with Crippen LogP contribution >= 0.6 is 22.9 Å². The molecule has 4 heteroatoms. The van der Waals surface area contributed by atoms with Gasteiger partial charge in [0, 0.05) is 18.0 Å². The Bertz CT molecular complexity index is 445. The van der Waals surface area contributed by atoms with Gasteiger partial charge in [0.05, 0.1) is 11.3 Å². The van der Waals surface area contributed by atoms with Crippen molar-refractivity contribution in [2.75, 3.05) is 13.1 Å². The molecule has 1 aliphatic carbocycles. The minimum atomic E-state index is 0.0990. The molecule has 2 nitrogen and oxygen atoms in total. The van der Waals surface area contributed by atoms with Crippen molar-refractivity contribution in [2.45, 2.75) is 43.4 Å². The molecule has 0 saturated carbocycles. The Morgan fingerprint density at radius 1 is 1.39 bits per heavy atom. The third-order valence-electron chi connectivity index (χ3n) is 4.03. The predicted molar refractivity (Wildman–Crippen MR) is 75.5 cm³/mol. The molecule has 0 spiro atoms. The standard InChI is InChI=1S/C14H18ClNOS/c15-10-3-2-7-16(9-10)14(17)12-4-1-5-13-11(12)6-8-18-13/h6,8,10,12H,1-5,7,9H2. The Balaban J connectivity index is 1.77. The fraction of sp³-hybridized carbons (Fsp3) is 0.643. The molecule has 1 amide bonds. The number of nitrogens with zero attached hydrogens (tertiary/aromatic N) is 1. The molecule has 3 rings (SSSR count). The molecular formula is C14H18ClNOS. The highest BCUT2D eigenvalue weighted by Gasteiger charge is 2.32. The largest absolute Gasteiger partial charge is 0.341 e. The van der Waals surface area contributed by atoms with Crippen molar-refractivity contribution in [1.29, 1.82) is 0 Å². The summed E-state index contributed by atoms with van der Waals surface area (Å²) in [6.45, 7) is 1.62. The number of carbonyl (C=O) groups is 1. The van der Waals surface area contributed by atoms with Crippen molar-refractivity contribution in [1.82, 2.24) is 4.90 Å². The second kappa shape index (κ2) is 5.22. The van der Waals surface area contributed by atoms with Crippen LogP contribution in [0.4, 0.5) is 0 Å². The van der Waals surface area contributed by atoms with E-state index in [1.165, 1.54) is 10.4 Å². The van der Waals surface area contributed by atoms with Crippen LogP contribution in [0.5, 0.6) is 0 Å². The first kappa shape index (κ1) is 12.5. The van der Waals surface area contributed by atoms with Crippen LogP contribution in [0.25, 0.3) is 0 Å². The molecule has 1 aromatic heterocycles. The maximum Gasteiger partial charge on any atom is 0.230 e. The SMILES string of the molecule is O=C(C1CCCc2sccc21)N1CCCC(Cl)C1. The van der Waals surface area contributed by atoms with E-state index in [1.807, 2.05) is 4.90 Å². The van der Waals surface area contributed by atoms with E-state index in [4.69, 9.17) is 11.6 Å². The van der Waals surface area contributed by atoms with Crippen molar-refractivity contribution < 1.29 is 4.79 Å². The van der Waals surface area contributed by atoms with E-state index in [0.29, 0.717) is 5.91 Å². The number of alkyl halides is 1. The van der Waals surface area contributed by atoms with Crippen molar-refractivity contribution in [2.24, 2.45) is 0 Å². The van der Waals surface area contributed by atoms with Gasteiger partial charge in [-0.1, -0.05) is 0 Å². The van der Waals surface area contributed by atoms with E-state index in [2.05, 4.69) is 11.4 Å². The van der Waals surface area contributed by atoms with Crippen molar-refractivity contribution in [3.63, 3.8) is 0 Å². The van der Waals surface area contributed by atoms with Gasteiger partial charge >= 0.3 is 0 Å². The summed E-state index contributed by atoms with van der Waals surface area (Å²) in [4.78, 5) is 16.0. The van der Waals surface area contributed by atoms with Crippen LogP contribution in [-0.4, -0.2) is 29.3 Å². The maximum absolute atomic E-state index is 12.6. The van der Waals surface area contributed by atoms with Crippen LogP contribution in [0.15, 0.2) is 11.4 Å². The Kier molecular flexibility index (Phi) is 3.62. The van der Waals surface area contributed by atoms with Crippen LogP contribution < -0.4 is 0 Å². The number of amides is 1. The summed E-state index contributed by atoms with van der Waals surface area (Å²) in [5.74, 6) is 0.404. The first-order valence-electron chi connectivity index (χ1n) is 6.75.